The second kappa shape index (κ2) is 9.92. The van der Waals surface area contributed by atoms with Crippen LogP contribution in [0.25, 0.3) is 0 Å². The van der Waals surface area contributed by atoms with Gasteiger partial charge in [0.2, 0.25) is 0 Å². The second-order valence-corrected chi connectivity index (χ2v) is 8.21. The molecule has 2 aromatic rings. The van der Waals surface area contributed by atoms with Gasteiger partial charge in [0.15, 0.2) is 11.5 Å². The van der Waals surface area contributed by atoms with E-state index < -0.39 is 5.60 Å². The normalized spacial score (nSPS) is 15.5. The van der Waals surface area contributed by atoms with Crippen LogP contribution in [-0.4, -0.2) is 63.6 Å². The van der Waals surface area contributed by atoms with Gasteiger partial charge in [-0.1, -0.05) is 18.9 Å². The van der Waals surface area contributed by atoms with Crippen molar-refractivity contribution >= 4 is 5.91 Å². The van der Waals surface area contributed by atoms with Crippen molar-refractivity contribution in [2.45, 2.75) is 51.7 Å². The van der Waals surface area contributed by atoms with Crippen LogP contribution in [0.1, 0.15) is 55.6 Å². The minimum absolute atomic E-state index is 0.114. The first-order valence-corrected chi connectivity index (χ1v) is 10.6. The van der Waals surface area contributed by atoms with Crippen LogP contribution in [0.3, 0.4) is 0 Å². The van der Waals surface area contributed by atoms with E-state index in [1.165, 1.54) is 0 Å². The number of pyridine rings is 1. The Bertz CT molecular complexity index is 882. The molecular formula is C24H31N3O3. The van der Waals surface area contributed by atoms with Crippen molar-refractivity contribution in [2.24, 2.45) is 0 Å². The van der Waals surface area contributed by atoms with Crippen LogP contribution in [0.5, 0.6) is 0 Å². The first-order valence-electron chi connectivity index (χ1n) is 10.6. The molecule has 1 aliphatic rings. The van der Waals surface area contributed by atoms with Crippen molar-refractivity contribution in [2.75, 3.05) is 26.2 Å². The summed E-state index contributed by atoms with van der Waals surface area (Å²) in [5.41, 5.74) is -0.142. The summed E-state index contributed by atoms with van der Waals surface area (Å²) in [7, 11) is 0. The fourth-order valence-electron chi connectivity index (χ4n) is 3.65. The molecule has 160 valence electrons. The summed E-state index contributed by atoms with van der Waals surface area (Å²) >= 11 is 0. The van der Waals surface area contributed by atoms with E-state index in [1.54, 1.807) is 32.2 Å². The van der Waals surface area contributed by atoms with Crippen molar-refractivity contribution in [3.8, 4) is 11.8 Å². The monoisotopic (exact) mass is 409 g/mol. The fraction of sp³-hybridized carbons (Fsp3) is 0.500. The molecule has 3 heterocycles. The van der Waals surface area contributed by atoms with Crippen molar-refractivity contribution in [1.82, 2.24) is 14.8 Å². The van der Waals surface area contributed by atoms with Crippen molar-refractivity contribution in [1.29, 1.82) is 0 Å². The zero-order valence-corrected chi connectivity index (χ0v) is 18.1. The van der Waals surface area contributed by atoms with Crippen LogP contribution in [0.4, 0.5) is 0 Å². The molecule has 1 amide bonds. The largest absolute Gasteiger partial charge is 0.443 e. The van der Waals surface area contributed by atoms with Gasteiger partial charge < -0.3 is 19.3 Å². The van der Waals surface area contributed by atoms with E-state index in [4.69, 9.17) is 4.42 Å². The Balaban J connectivity index is 1.75. The first kappa shape index (κ1) is 22.1. The lowest BCUT2D eigenvalue weighted by Gasteiger charge is -2.38. The van der Waals surface area contributed by atoms with E-state index in [2.05, 4.69) is 28.6 Å². The minimum atomic E-state index is -1.11. The zero-order chi connectivity index (χ0) is 21.6. The number of aliphatic hydroxyl groups is 1. The Morgan fingerprint density at radius 2 is 2.07 bits per heavy atom. The maximum Gasteiger partial charge on any atom is 0.289 e. The number of likely N-dealkylation sites (tertiary alicyclic amines) is 1. The van der Waals surface area contributed by atoms with Gasteiger partial charge in [0, 0.05) is 44.0 Å². The van der Waals surface area contributed by atoms with E-state index in [1.807, 2.05) is 23.1 Å². The molecule has 0 radical (unpaired) electrons. The molecule has 0 atom stereocenters. The third-order valence-electron chi connectivity index (χ3n) is 5.35. The van der Waals surface area contributed by atoms with E-state index in [0.717, 1.165) is 38.2 Å². The maximum atomic E-state index is 13.3. The van der Waals surface area contributed by atoms with Crippen molar-refractivity contribution in [3.05, 3.63) is 53.7 Å². The molecule has 0 spiro atoms. The average Bonchev–Trinajstić information content (AvgIpc) is 3.22. The molecule has 0 bridgehead atoms. The molecule has 1 aliphatic heterocycles. The third kappa shape index (κ3) is 6.19. The molecule has 3 rings (SSSR count). The smallest absolute Gasteiger partial charge is 0.289 e. The third-order valence-corrected chi connectivity index (χ3v) is 5.35. The number of nitrogens with zero attached hydrogens (tertiary/aromatic N) is 3. The molecule has 1 saturated heterocycles. The standard InChI is InChI=1S/C24H31N3O3/c1-4-26-16-12-20(13-17-26)27(18-11-19-7-5-6-15-25-19)23(28)22-9-8-21(30-22)10-14-24(2,3)29/h5-9,15,20,29H,4,11-13,16-18H2,1-3H3. The summed E-state index contributed by atoms with van der Waals surface area (Å²) in [5.74, 6) is 6.06. The second-order valence-electron chi connectivity index (χ2n) is 8.21. The van der Waals surface area contributed by atoms with E-state index in [9.17, 15) is 9.90 Å². The molecule has 6 heteroatoms. The van der Waals surface area contributed by atoms with Gasteiger partial charge in [0.25, 0.3) is 5.91 Å². The maximum absolute atomic E-state index is 13.3. The molecule has 2 aromatic heterocycles. The number of hydrogen-bond acceptors (Lipinski definition) is 5. The molecule has 1 fully saturated rings. The summed E-state index contributed by atoms with van der Waals surface area (Å²) in [4.78, 5) is 22.1. The predicted molar refractivity (Wildman–Crippen MR) is 116 cm³/mol. The molecule has 0 aliphatic carbocycles. The summed E-state index contributed by atoms with van der Waals surface area (Å²) < 4.78 is 5.71. The van der Waals surface area contributed by atoms with Crippen LogP contribution in [0, 0.1) is 11.8 Å². The highest BCUT2D eigenvalue weighted by atomic mass is 16.4. The topological polar surface area (TPSA) is 69.8 Å². The lowest BCUT2D eigenvalue weighted by molar-refractivity contribution is 0.0548. The molecule has 0 unspecified atom stereocenters. The Morgan fingerprint density at radius 1 is 1.30 bits per heavy atom. The van der Waals surface area contributed by atoms with Crippen molar-refractivity contribution in [3.63, 3.8) is 0 Å². The van der Waals surface area contributed by atoms with Crippen molar-refractivity contribution < 1.29 is 14.3 Å². The number of aromatic nitrogens is 1. The highest BCUT2D eigenvalue weighted by Crippen LogP contribution is 2.21. The average molecular weight is 410 g/mol. The van der Waals surface area contributed by atoms with Gasteiger partial charge in [-0.15, -0.1) is 0 Å². The molecule has 30 heavy (non-hydrogen) atoms. The van der Waals surface area contributed by atoms with E-state index in [0.29, 0.717) is 18.7 Å². The first-order chi connectivity index (χ1) is 14.4. The van der Waals surface area contributed by atoms with E-state index in [-0.39, 0.29) is 17.7 Å². The van der Waals surface area contributed by atoms with Gasteiger partial charge in [0.05, 0.1) is 0 Å². The molecule has 6 nitrogen and oxygen atoms in total. The highest BCUT2D eigenvalue weighted by Gasteiger charge is 2.29. The van der Waals surface area contributed by atoms with Crippen LogP contribution < -0.4 is 0 Å². The van der Waals surface area contributed by atoms with Gasteiger partial charge in [-0.3, -0.25) is 9.78 Å². The zero-order valence-electron chi connectivity index (χ0n) is 18.1. The van der Waals surface area contributed by atoms with E-state index >= 15 is 0 Å². The highest BCUT2D eigenvalue weighted by molar-refractivity contribution is 5.92. The Kier molecular flexibility index (Phi) is 7.30. The fourth-order valence-corrected chi connectivity index (χ4v) is 3.65. The van der Waals surface area contributed by atoms with Crippen LogP contribution in [-0.2, 0) is 6.42 Å². The van der Waals surface area contributed by atoms with Gasteiger partial charge in [-0.25, -0.2) is 0 Å². The molecule has 0 aromatic carbocycles. The molecule has 1 N–H and O–H groups in total. The Morgan fingerprint density at radius 3 is 2.70 bits per heavy atom. The predicted octanol–water partition coefficient (Wildman–Crippen LogP) is 2.97. The number of hydrogen-bond donors (Lipinski definition) is 1. The van der Waals surface area contributed by atoms with Gasteiger partial charge in [-0.05, 0) is 63.4 Å². The van der Waals surface area contributed by atoms with Gasteiger partial charge >= 0.3 is 0 Å². The number of carbonyl (C=O) groups excluding carboxylic acids is 1. The van der Waals surface area contributed by atoms with Gasteiger partial charge in [0.1, 0.15) is 5.60 Å². The lowest BCUT2D eigenvalue weighted by Crippen LogP contribution is -2.48. The SMILES string of the molecule is CCN1CCC(N(CCc2ccccn2)C(=O)c2ccc(C#CC(C)(C)O)o2)CC1. The lowest BCUT2D eigenvalue weighted by atomic mass is 10.0. The van der Waals surface area contributed by atoms with Gasteiger partial charge in [-0.2, -0.15) is 0 Å². The number of amides is 1. The van der Waals surface area contributed by atoms with Crippen LogP contribution in [0.15, 0.2) is 40.9 Å². The summed E-state index contributed by atoms with van der Waals surface area (Å²) in [6.07, 6.45) is 4.38. The summed E-state index contributed by atoms with van der Waals surface area (Å²) in [6.45, 7) is 9.01. The summed E-state index contributed by atoms with van der Waals surface area (Å²) in [6, 6.07) is 9.38. The van der Waals surface area contributed by atoms with Crippen LogP contribution >= 0.6 is 0 Å². The Labute approximate surface area is 178 Å². The molecule has 0 saturated carbocycles. The number of rotatable bonds is 6. The molecular weight excluding hydrogens is 378 g/mol. The number of furan rings is 1. The minimum Gasteiger partial charge on any atom is -0.443 e. The quantitative estimate of drug-likeness (QED) is 0.743. The Hall–Kier alpha value is -2.62. The summed E-state index contributed by atoms with van der Waals surface area (Å²) in [5, 5.41) is 9.77. The number of piperidine rings is 1. The number of carbonyl (C=O) groups is 1. The van der Waals surface area contributed by atoms with Crippen LogP contribution in [0.2, 0.25) is 0 Å².